The van der Waals surface area contributed by atoms with Gasteiger partial charge in [-0.3, -0.25) is 14.3 Å². The second-order valence-corrected chi connectivity index (χ2v) is 17.7. The molecule has 3 aromatic rings. The Morgan fingerprint density at radius 2 is 2.02 bits per heavy atom. The van der Waals surface area contributed by atoms with E-state index in [0.29, 0.717) is 50.1 Å². The average Bonchev–Trinajstić information content (AvgIpc) is 3.49. The van der Waals surface area contributed by atoms with E-state index in [1.54, 1.807) is 19.2 Å². The van der Waals surface area contributed by atoms with Gasteiger partial charge in [-0.05, 0) is 104 Å². The number of rotatable bonds is 3. The molecule has 2 aromatic carbocycles. The fourth-order valence-electron chi connectivity index (χ4n) is 9.10. The van der Waals surface area contributed by atoms with Crippen LogP contribution in [0, 0.1) is 24.7 Å². The molecule has 1 aromatic heterocycles. The number of nitrogens with zero attached hydrogens (tertiary/aromatic N) is 2. The zero-order chi connectivity index (χ0) is 36.0. The largest absolute Gasteiger partial charge is 0.490 e. The van der Waals surface area contributed by atoms with Crippen LogP contribution in [-0.4, -0.2) is 66.3 Å². The predicted octanol–water partition coefficient (Wildman–Crippen LogP) is 6.46. The highest BCUT2D eigenvalue weighted by atomic mass is 32.2. The van der Waals surface area contributed by atoms with E-state index in [4.69, 9.17) is 14.2 Å². The average molecular weight is 727 g/mol. The minimum absolute atomic E-state index is 0.0175. The first-order chi connectivity index (χ1) is 25.1. The van der Waals surface area contributed by atoms with Gasteiger partial charge in [-0.1, -0.05) is 42.8 Å². The number of benzene rings is 2. The van der Waals surface area contributed by atoms with Crippen LogP contribution in [0.1, 0.15) is 87.8 Å². The third-order valence-corrected chi connectivity index (χ3v) is 13.9. The molecule has 2 bridgehead atoms. The van der Waals surface area contributed by atoms with E-state index in [-0.39, 0.29) is 28.9 Å². The van der Waals surface area contributed by atoms with Crippen molar-refractivity contribution in [1.29, 1.82) is 0 Å². The van der Waals surface area contributed by atoms with Gasteiger partial charge < -0.3 is 24.1 Å². The van der Waals surface area contributed by atoms with Gasteiger partial charge in [-0.25, -0.2) is 4.21 Å². The van der Waals surface area contributed by atoms with Crippen LogP contribution in [0.25, 0.3) is 0 Å². The van der Waals surface area contributed by atoms with Gasteiger partial charge in [0.1, 0.15) is 21.4 Å². The van der Waals surface area contributed by atoms with Crippen LogP contribution in [0.4, 0.5) is 5.69 Å². The van der Waals surface area contributed by atoms with Gasteiger partial charge in [-0.2, -0.15) is 0 Å². The molecule has 1 spiro atoms. The molecule has 6 atom stereocenters. The number of amides is 2. The highest BCUT2D eigenvalue weighted by Gasteiger charge is 2.44. The lowest BCUT2D eigenvalue weighted by Gasteiger charge is -2.46. The first kappa shape index (κ1) is 35.1. The normalized spacial score (nSPS) is 30.8. The van der Waals surface area contributed by atoms with Gasteiger partial charge in [0, 0.05) is 43.3 Å². The Morgan fingerprint density at radius 3 is 2.83 bits per heavy atom. The lowest BCUT2D eigenvalue weighted by atomic mass is 9.68. The summed E-state index contributed by atoms with van der Waals surface area (Å²) in [6, 6.07) is 14.0. The number of aryl methyl sites for hydroxylation is 2. The molecule has 2 aliphatic carbocycles. The van der Waals surface area contributed by atoms with Gasteiger partial charge >= 0.3 is 0 Å². The van der Waals surface area contributed by atoms with Crippen molar-refractivity contribution in [3.05, 3.63) is 93.8 Å². The van der Waals surface area contributed by atoms with Gasteiger partial charge in [0.15, 0.2) is 0 Å². The molecule has 5 aliphatic rings. The maximum Gasteiger partial charge on any atom is 0.286 e. The van der Waals surface area contributed by atoms with Crippen LogP contribution in [0.15, 0.2) is 59.0 Å². The summed E-state index contributed by atoms with van der Waals surface area (Å²) in [5.41, 5.74) is 7.11. The smallest absolute Gasteiger partial charge is 0.286 e. The van der Waals surface area contributed by atoms with Crippen LogP contribution < -0.4 is 14.4 Å². The molecule has 4 heterocycles. The first-order valence-corrected chi connectivity index (χ1v) is 20.5. The Morgan fingerprint density at radius 1 is 1.13 bits per heavy atom. The van der Waals surface area contributed by atoms with Crippen molar-refractivity contribution in [1.82, 2.24) is 9.71 Å². The van der Waals surface area contributed by atoms with Gasteiger partial charge in [0.25, 0.3) is 11.8 Å². The van der Waals surface area contributed by atoms with E-state index >= 15 is 0 Å². The molecule has 1 fully saturated rings. The van der Waals surface area contributed by atoms with E-state index in [9.17, 15) is 13.8 Å². The number of H-pyrrole nitrogens is 1. The van der Waals surface area contributed by atoms with Crippen LogP contribution in [-0.2, 0) is 44.3 Å². The molecule has 1 saturated carbocycles. The summed E-state index contributed by atoms with van der Waals surface area (Å²) in [5, 5.41) is 0. The van der Waals surface area contributed by atoms with Gasteiger partial charge in [0.2, 0.25) is 0 Å². The zero-order valence-electron chi connectivity index (χ0n) is 30.5. The Kier molecular flexibility index (Phi) is 9.55. The Bertz CT molecular complexity index is 2010. The van der Waals surface area contributed by atoms with Crippen molar-refractivity contribution >= 4 is 27.4 Å². The topological polar surface area (TPSA) is 122 Å². The van der Waals surface area contributed by atoms with Crippen molar-refractivity contribution in [2.45, 2.75) is 76.9 Å². The third-order valence-electron chi connectivity index (χ3n) is 12.0. The molecule has 11 heteroatoms. The minimum atomic E-state index is -3.53. The monoisotopic (exact) mass is 726 g/mol. The maximum absolute atomic E-state index is 14.6. The molecule has 3 aliphatic heterocycles. The summed E-state index contributed by atoms with van der Waals surface area (Å²) in [7, 11) is -1.75. The summed E-state index contributed by atoms with van der Waals surface area (Å²) < 4.78 is 40.0. The van der Waals surface area contributed by atoms with Crippen molar-refractivity contribution in [3.63, 3.8) is 0 Å². The van der Waals surface area contributed by atoms with E-state index in [1.807, 2.05) is 19.1 Å². The number of allylic oxidation sites excluding steroid dienone is 1. The van der Waals surface area contributed by atoms with Crippen molar-refractivity contribution in [2.24, 2.45) is 22.1 Å². The van der Waals surface area contributed by atoms with Crippen LogP contribution in [0.2, 0.25) is 0 Å². The highest BCUT2D eigenvalue weighted by Crippen LogP contribution is 2.47. The minimum Gasteiger partial charge on any atom is -0.490 e. The second-order valence-electron chi connectivity index (χ2n) is 15.7. The number of ether oxygens (including phenoxy) is 3. The molecule has 52 heavy (non-hydrogen) atoms. The van der Waals surface area contributed by atoms with Crippen LogP contribution in [0.5, 0.6) is 5.75 Å². The van der Waals surface area contributed by atoms with E-state index in [2.05, 4.69) is 56.2 Å². The number of hydrogen-bond donors (Lipinski definition) is 2. The van der Waals surface area contributed by atoms with Crippen molar-refractivity contribution in [3.8, 4) is 5.75 Å². The number of nitrogens with one attached hydrogen (secondary N) is 2. The van der Waals surface area contributed by atoms with Crippen LogP contribution in [0.3, 0.4) is 0 Å². The zero-order valence-corrected chi connectivity index (χ0v) is 31.3. The molecule has 2 amide bonds. The maximum atomic E-state index is 14.6. The van der Waals surface area contributed by atoms with Crippen LogP contribution >= 0.6 is 0 Å². The quantitative estimate of drug-likeness (QED) is 0.297. The third kappa shape index (κ3) is 6.83. The number of methoxy groups -OCH3 is 1. The summed E-state index contributed by atoms with van der Waals surface area (Å²) in [6.45, 7) is 7.22. The fourth-order valence-corrected chi connectivity index (χ4v) is 11.0. The predicted molar refractivity (Wildman–Crippen MR) is 201 cm³/mol. The van der Waals surface area contributed by atoms with Gasteiger partial charge in [-0.15, -0.1) is 4.36 Å². The molecule has 276 valence electrons. The van der Waals surface area contributed by atoms with Crippen molar-refractivity contribution in [2.75, 3.05) is 44.1 Å². The van der Waals surface area contributed by atoms with Crippen molar-refractivity contribution < 1.29 is 28.0 Å². The second kappa shape index (κ2) is 14.1. The lowest BCUT2D eigenvalue weighted by molar-refractivity contribution is 0.0131. The molecule has 0 saturated heterocycles. The highest BCUT2D eigenvalue weighted by molar-refractivity contribution is 7.92. The number of aromatic nitrogens is 1. The Hall–Kier alpha value is -3.93. The van der Waals surface area contributed by atoms with Gasteiger partial charge in [0.05, 0.1) is 37.4 Å². The molecule has 0 radical (unpaired) electrons. The Labute approximate surface area is 307 Å². The molecule has 8 rings (SSSR count). The SMILES string of the molecule is CO[C@H]1/C=C/C[C@H](C)CS(=O)(NC(=O)c2cc3c([nH]2)CCOC3)=NC(=O)c2ccc3c(c2)N(C[C@@H]2CC[C@H]21)C[C@@]1(CCCc2cc(C)ccc21)CO3. The summed E-state index contributed by atoms with van der Waals surface area (Å²) in [6.07, 6.45) is 10.8. The molecule has 2 N–H and O–H groups in total. The summed E-state index contributed by atoms with van der Waals surface area (Å²) in [4.78, 5) is 33.2. The number of anilines is 1. The summed E-state index contributed by atoms with van der Waals surface area (Å²) >= 11 is 0. The lowest BCUT2D eigenvalue weighted by Crippen LogP contribution is -2.49. The van der Waals surface area contributed by atoms with E-state index in [0.717, 1.165) is 67.9 Å². The fraction of sp³-hybridized carbons (Fsp3) is 0.512. The number of carbonyl (C=O) groups excluding carboxylic acids is 2. The van der Waals surface area contributed by atoms with E-state index < -0.39 is 21.7 Å². The first-order valence-electron chi connectivity index (χ1n) is 18.8. The molecule has 1 unspecified atom stereocenters. The molecular weight excluding hydrogens is 677 g/mol. The summed E-state index contributed by atoms with van der Waals surface area (Å²) in [5.74, 6) is 0.197. The van der Waals surface area contributed by atoms with E-state index in [1.165, 1.54) is 16.7 Å². The Balaban J connectivity index is 1.18. The number of hydrogen-bond acceptors (Lipinski definition) is 7. The standard InChI is InChI=1S/C41H50N4O6S/c1-26-9-13-33-28(18-26)7-5-16-41(33)24-45-21-30-10-12-32(30)37(49-3)8-4-6-27(2)23-52(48,43-39(46)29-11-14-38(51-25-41)36(45)20-29)44-40(47)35-19-31-22-50-17-15-34(31)42-35/h4,8-9,11,13-14,18-20,27,30,32,37,42H,5-7,10,12,15-17,21-25H2,1-3H3,(H,43,44,46,47,48)/b8-4+/t27-,30-,32+,37-,41-,52?/m0/s1. The molecule has 10 nitrogen and oxygen atoms in total. The number of aromatic amines is 1. The number of carbonyl (C=O) groups is 2. The number of fused-ring (bicyclic) bond motifs is 5. The molecular formula is C41H50N4O6S.